The van der Waals surface area contributed by atoms with E-state index in [2.05, 4.69) is 5.32 Å². The summed E-state index contributed by atoms with van der Waals surface area (Å²) in [6.45, 7) is 0. The molecular weight excluding hydrogens is 308 g/mol. The van der Waals surface area contributed by atoms with Crippen molar-refractivity contribution in [3.63, 3.8) is 0 Å². The number of carbonyl (C=O) groups is 2. The fourth-order valence-electron chi connectivity index (χ4n) is 1.60. The lowest BCUT2D eigenvalue weighted by Gasteiger charge is -2.06. The fraction of sp³-hybridized carbons (Fsp3) is 0.0667. The molecule has 0 bridgehead atoms. The molecule has 0 radical (unpaired) electrons. The zero-order chi connectivity index (χ0) is 15.2. The summed E-state index contributed by atoms with van der Waals surface area (Å²) in [5.41, 5.74) is 6.60. The minimum absolute atomic E-state index is 0.0994. The number of nitrogens with one attached hydrogen (secondary N) is 1. The van der Waals surface area contributed by atoms with Gasteiger partial charge in [-0.05, 0) is 30.3 Å². The van der Waals surface area contributed by atoms with Gasteiger partial charge in [-0.1, -0.05) is 29.8 Å². The molecule has 0 unspecified atom stereocenters. The molecule has 0 aromatic heterocycles. The smallest absolute Gasteiger partial charge is 0.257 e. The highest BCUT2D eigenvalue weighted by atomic mass is 35.5. The lowest BCUT2D eigenvalue weighted by molar-refractivity contribution is -0.117. The molecule has 0 saturated carbocycles. The Kier molecular flexibility index (Phi) is 5.25. The van der Waals surface area contributed by atoms with Gasteiger partial charge in [0.1, 0.15) is 0 Å². The van der Waals surface area contributed by atoms with Crippen LogP contribution in [0.1, 0.15) is 10.4 Å². The molecule has 0 aliphatic heterocycles. The minimum Gasteiger partial charge on any atom is -0.399 e. The van der Waals surface area contributed by atoms with E-state index in [-0.39, 0.29) is 11.7 Å². The lowest BCUT2D eigenvalue weighted by atomic mass is 10.2. The van der Waals surface area contributed by atoms with Gasteiger partial charge in [-0.3, -0.25) is 14.9 Å². The Morgan fingerprint density at radius 3 is 2.52 bits per heavy atom. The van der Waals surface area contributed by atoms with Gasteiger partial charge in [0, 0.05) is 16.1 Å². The molecule has 0 heterocycles. The van der Waals surface area contributed by atoms with Crippen LogP contribution in [0.5, 0.6) is 0 Å². The first-order chi connectivity index (χ1) is 10.1. The number of carbonyl (C=O) groups excluding carboxylic acids is 2. The maximum atomic E-state index is 11.8. The molecule has 6 heteroatoms. The summed E-state index contributed by atoms with van der Waals surface area (Å²) in [5, 5.41) is 2.82. The van der Waals surface area contributed by atoms with Crippen molar-refractivity contribution in [3.8, 4) is 0 Å². The maximum absolute atomic E-state index is 11.8. The van der Waals surface area contributed by atoms with Crippen LogP contribution >= 0.6 is 23.4 Å². The Bertz CT molecular complexity index is 662. The molecule has 2 rings (SSSR count). The molecule has 0 aliphatic carbocycles. The zero-order valence-electron chi connectivity index (χ0n) is 11.0. The molecule has 0 aliphatic rings. The molecular formula is C15H13ClN2O2S. The van der Waals surface area contributed by atoms with Gasteiger partial charge in [0.2, 0.25) is 5.91 Å². The molecule has 2 amide bonds. The third-order valence-electron chi connectivity index (χ3n) is 2.60. The number of halogens is 1. The van der Waals surface area contributed by atoms with Gasteiger partial charge in [-0.15, -0.1) is 11.8 Å². The topological polar surface area (TPSA) is 72.2 Å². The molecule has 0 fully saturated rings. The number of rotatable bonds is 4. The van der Waals surface area contributed by atoms with Gasteiger partial charge in [0.05, 0.1) is 10.8 Å². The molecule has 0 atom stereocenters. The summed E-state index contributed by atoms with van der Waals surface area (Å²) in [6, 6.07) is 13.6. The number of benzene rings is 2. The monoisotopic (exact) mass is 320 g/mol. The van der Waals surface area contributed by atoms with Gasteiger partial charge < -0.3 is 5.73 Å². The first-order valence-electron chi connectivity index (χ1n) is 6.13. The van der Waals surface area contributed by atoms with E-state index in [1.54, 1.807) is 48.5 Å². The van der Waals surface area contributed by atoms with Crippen molar-refractivity contribution in [2.24, 2.45) is 0 Å². The Morgan fingerprint density at radius 1 is 1.14 bits per heavy atom. The Morgan fingerprint density at radius 2 is 1.86 bits per heavy atom. The first kappa shape index (κ1) is 15.4. The van der Waals surface area contributed by atoms with Gasteiger partial charge in [0.15, 0.2) is 0 Å². The highest BCUT2D eigenvalue weighted by Crippen LogP contribution is 2.28. The summed E-state index contributed by atoms with van der Waals surface area (Å²) in [7, 11) is 0. The van der Waals surface area contributed by atoms with E-state index < -0.39 is 5.91 Å². The molecule has 2 aromatic carbocycles. The van der Waals surface area contributed by atoms with Crippen molar-refractivity contribution in [2.75, 3.05) is 11.5 Å². The van der Waals surface area contributed by atoms with Crippen molar-refractivity contribution in [2.45, 2.75) is 4.90 Å². The molecule has 4 nitrogen and oxygen atoms in total. The number of nitrogen functional groups attached to an aromatic ring is 1. The number of thioether (sulfide) groups is 1. The third kappa shape index (κ3) is 4.51. The van der Waals surface area contributed by atoms with E-state index >= 15 is 0 Å². The lowest BCUT2D eigenvalue weighted by Crippen LogP contribution is -2.31. The van der Waals surface area contributed by atoms with E-state index in [1.165, 1.54) is 11.8 Å². The van der Waals surface area contributed by atoms with Crippen LogP contribution in [0.3, 0.4) is 0 Å². The van der Waals surface area contributed by atoms with Crippen LogP contribution in [0.25, 0.3) is 0 Å². The van der Waals surface area contributed by atoms with Gasteiger partial charge in [-0.25, -0.2) is 0 Å². The van der Waals surface area contributed by atoms with Gasteiger partial charge >= 0.3 is 0 Å². The summed E-state index contributed by atoms with van der Waals surface area (Å²) >= 11 is 7.26. The largest absolute Gasteiger partial charge is 0.399 e. The van der Waals surface area contributed by atoms with E-state index in [4.69, 9.17) is 17.3 Å². The van der Waals surface area contributed by atoms with Crippen molar-refractivity contribution >= 4 is 40.9 Å². The average molecular weight is 321 g/mol. The molecule has 21 heavy (non-hydrogen) atoms. The first-order valence-corrected chi connectivity index (χ1v) is 7.49. The quantitative estimate of drug-likeness (QED) is 0.671. The number of anilines is 1. The summed E-state index contributed by atoms with van der Waals surface area (Å²) in [5.74, 6) is -0.686. The van der Waals surface area contributed by atoms with Gasteiger partial charge in [0.25, 0.3) is 5.91 Å². The fourth-order valence-corrected chi connectivity index (χ4v) is 2.67. The molecule has 0 saturated heterocycles. The second-order valence-electron chi connectivity index (χ2n) is 4.22. The van der Waals surface area contributed by atoms with Crippen LogP contribution in [0.15, 0.2) is 53.4 Å². The number of nitrogens with two attached hydrogens (primary N) is 1. The minimum atomic E-state index is -0.412. The van der Waals surface area contributed by atoms with Crippen LogP contribution in [0.2, 0.25) is 5.02 Å². The van der Waals surface area contributed by atoms with Crippen LogP contribution in [0, 0.1) is 0 Å². The molecule has 3 N–H and O–H groups in total. The predicted molar refractivity (Wildman–Crippen MR) is 85.5 cm³/mol. The van der Waals surface area contributed by atoms with E-state index in [9.17, 15) is 9.59 Å². The van der Waals surface area contributed by atoms with E-state index in [0.29, 0.717) is 16.3 Å². The molecule has 2 aromatic rings. The zero-order valence-corrected chi connectivity index (χ0v) is 12.6. The highest BCUT2D eigenvalue weighted by Gasteiger charge is 2.11. The second kappa shape index (κ2) is 7.15. The summed E-state index contributed by atoms with van der Waals surface area (Å²) in [6.07, 6.45) is 0. The third-order valence-corrected chi connectivity index (χ3v) is 4.10. The van der Waals surface area contributed by atoms with Crippen LogP contribution in [0.4, 0.5) is 5.69 Å². The van der Waals surface area contributed by atoms with Crippen LogP contribution in [-0.4, -0.2) is 17.6 Å². The number of hydrogen-bond acceptors (Lipinski definition) is 4. The summed E-state index contributed by atoms with van der Waals surface area (Å²) < 4.78 is 0. The standard InChI is InChI=1S/C15H13ClN2O2S/c16-12-8-11(17)6-7-13(12)21-9-14(19)18-15(20)10-4-2-1-3-5-10/h1-8H,9,17H2,(H,18,19,20). The van der Waals surface area contributed by atoms with Crippen molar-refractivity contribution in [1.29, 1.82) is 0 Å². The van der Waals surface area contributed by atoms with Crippen molar-refractivity contribution in [1.82, 2.24) is 5.32 Å². The van der Waals surface area contributed by atoms with Crippen LogP contribution in [-0.2, 0) is 4.79 Å². The predicted octanol–water partition coefficient (Wildman–Crippen LogP) is 2.97. The normalized spacial score (nSPS) is 10.1. The highest BCUT2D eigenvalue weighted by molar-refractivity contribution is 8.00. The van der Waals surface area contributed by atoms with Gasteiger partial charge in [-0.2, -0.15) is 0 Å². The SMILES string of the molecule is Nc1ccc(SCC(=O)NC(=O)c2ccccc2)c(Cl)c1. The Hall–Kier alpha value is -1.98. The summed E-state index contributed by atoms with van der Waals surface area (Å²) in [4.78, 5) is 24.3. The van der Waals surface area contributed by atoms with Crippen molar-refractivity contribution in [3.05, 3.63) is 59.1 Å². The molecule has 108 valence electrons. The number of amides is 2. The number of imide groups is 1. The van der Waals surface area contributed by atoms with E-state index in [0.717, 1.165) is 4.90 Å². The van der Waals surface area contributed by atoms with Crippen molar-refractivity contribution < 1.29 is 9.59 Å². The van der Waals surface area contributed by atoms with Crippen LogP contribution < -0.4 is 11.1 Å². The molecule has 0 spiro atoms. The second-order valence-corrected chi connectivity index (χ2v) is 5.65. The Labute approximate surface area is 131 Å². The van der Waals surface area contributed by atoms with E-state index in [1.807, 2.05) is 0 Å². The number of hydrogen-bond donors (Lipinski definition) is 2. The average Bonchev–Trinajstić information content (AvgIpc) is 2.47. The maximum Gasteiger partial charge on any atom is 0.257 e. The Balaban J connectivity index is 1.89.